The third-order valence-electron chi connectivity index (χ3n) is 2.95. The number of anilines is 1. The average molecular weight is 323 g/mol. The monoisotopic (exact) mass is 322 g/mol. The summed E-state index contributed by atoms with van der Waals surface area (Å²) >= 11 is 7.44. The number of benzene rings is 1. The number of thiophene rings is 1. The molecule has 0 saturated heterocycles. The molecule has 0 aliphatic carbocycles. The molecule has 0 atom stereocenters. The Morgan fingerprint density at radius 3 is 3.05 bits per heavy atom. The molecule has 8 heteroatoms. The molecule has 0 radical (unpaired) electrons. The number of carbonyl (C=O) groups is 1. The molecule has 1 aromatic carbocycles. The van der Waals surface area contributed by atoms with Gasteiger partial charge in [-0.2, -0.15) is 4.98 Å². The largest absolute Gasteiger partial charge is 0.397 e. The van der Waals surface area contributed by atoms with Gasteiger partial charge in [-0.15, -0.1) is 11.3 Å². The summed E-state index contributed by atoms with van der Waals surface area (Å²) in [4.78, 5) is 16.5. The van der Waals surface area contributed by atoms with Crippen LogP contribution in [0, 0.1) is 0 Å². The summed E-state index contributed by atoms with van der Waals surface area (Å²) in [6.45, 7) is 0.403. The molecule has 0 fully saturated rings. The molecule has 0 bridgehead atoms. The van der Waals surface area contributed by atoms with Crippen LogP contribution in [0.15, 0.2) is 29.1 Å². The molecule has 0 unspecified atom stereocenters. The molecule has 3 N–H and O–H groups in total. The first-order chi connectivity index (χ1) is 10.2. The maximum Gasteiger partial charge on any atom is 0.263 e. The molecule has 3 rings (SSSR count). The van der Waals surface area contributed by atoms with Gasteiger partial charge in [-0.1, -0.05) is 22.8 Å². The Kier molecular flexibility index (Phi) is 3.76. The van der Waals surface area contributed by atoms with Gasteiger partial charge in [-0.25, -0.2) is 0 Å². The number of hydrogen-bond acceptors (Lipinski definition) is 6. The number of nitrogen functional groups attached to an aromatic ring is 1. The second-order valence-corrected chi connectivity index (χ2v) is 5.77. The normalized spacial score (nSPS) is 10.9. The molecule has 0 saturated carbocycles. The number of nitrogens with one attached hydrogen (secondary N) is 1. The van der Waals surface area contributed by atoms with E-state index in [1.165, 1.54) is 17.7 Å². The van der Waals surface area contributed by atoms with Crippen LogP contribution in [0.3, 0.4) is 0 Å². The number of rotatable bonds is 4. The van der Waals surface area contributed by atoms with Crippen LogP contribution in [0.25, 0.3) is 10.1 Å². The molecule has 0 aliphatic rings. The van der Waals surface area contributed by atoms with Gasteiger partial charge in [-0.05, 0) is 12.1 Å². The minimum absolute atomic E-state index is 0.228. The highest BCUT2D eigenvalue weighted by atomic mass is 35.5. The highest BCUT2D eigenvalue weighted by molar-refractivity contribution is 7.21. The van der Waals surface area contributed by atoms with Crippen molar-refractivity contribution in [2.45, 2.75) is 6.42 Å². The lowest BCUT2D eigenvalue weighted by Crippen LogP contribution is -2.25. The van der Waals surface area contributed by atoms with Crippen molar-refractivity contribution in [3.63, 3.8) is 0 Å². The molecule has 6 nitrogen and oxygen atoms in total. The Bertz CT molecular complexity index is 785. The summed E-state index contributed by atoms with van der Waals surface area (Å²) < 4.78 is 5.51. The fourth-order valence-electron chi connectivity index (χ4n) is 1.97. The molecule has 2 aromatic heterocycles. The number of fused-ring (bicyclic) bond motifs is 1. The standard InChI is InChI=1S/C13H11ClN4O2S/c14-7-2-1-3-8-10(7)11(15)12(21-8)13(19)16-5-4-9-17-6-20-18-9/h1-3,6H,4-5,15H2,(H,16,19). The quantitative estimate of drug-likeness (QED) is 0.769. The Hall–Kier alpha value is -2.12. The molecule has 1 amide bonds. The van der Waals surface area contributed by atoms with Crippen molar-refractivity contribution >= 4 is 44.6 Å². The summed E-state index contributed by atoms with van der Waals surface area (Å²) in [5.74, 6) is 0.316. The zero-order chi connectivity index (χ0) is 14.8. The number of amides is 1. The fraction of sp³-hybridized carbons (Fsp3) is 0.154. The van der Waals surface area contributed by atoms with Gasteiger partial charge in [0.1, 0.15) is 4.88 Å². The molecule has 21 heavy (non-hydrogen) atoms. The third kappa shape index (κ3) is 2.70. The van der Waals surface area contributed by atoms with E-state index in [4.69, 9.17) is 17.3 Å². The number of nitrogens with zero attached hydrogens (tertiary/aromatic N) is 2. The number of halogens is 1. The van der Waals surface area contributed by atoms with E-state index >= 15 is 0 Å². The van der Waals surface area contributed by atoms with Crippen LogP contribution in [-0.2, 0) is 6.42 Å². The van der Waals surface area contributed by atoms with Crippen molar-refractivity contribution < 1.29 is 9.32 Å². The summed E-state index contributed by atoms with van der Waals surface area (Å²) in [7, 11) is 0. The number of hydrogen-bond donors (Lipinski definition) is 2. The molecule has 2 heterocycles. The van der Waals surface area contributed by atoms with Crippen molar-refractivity contribution in [2.75, 3.05) is 12.3 Å². The molecule has 0 spiro atoms. The fourth-order valence-corrected chi connectivity index (χ4v) is 3.37. The zero-order valence-corrected chi connectivity index (χ0v) is 12.4. The Labute approximate surface area is 128 Å². The van der Waals surface area contributed by atoms with Gasteiger partial charge in [0.25, 0.3) is 5.91 Å². The predicted octanol–water partition coefficient (Wildman–Crippen LogP) is 2.49. The van der Waals surface area contributed by atoms with E-state index in [0.717, 1.165) is 10.1 Å². The van der Waals surface area contributed by atoms with Gasteiger partial charge in [0, 0.05) is 23.1 Å². The van der Waals surface area contributed by atoms with Crippen molar-refractivity contribution in [3.8, 4) is 0 Å². The van der Waals surface area contributed by atoms with Crippen LogP contribution in [-0.4, -0.2) is 22.6 Å². The maximum absolute atomic E-state index is 12.2. The first-order valence-corrected chi connectivity index (χ1v) is 7.36. The Morgan fingerprint density at radius 1 is 1.48 bits per heavy atom. The van der Waals surface area contributed by atoms with Crippen molar-refractivity contribution in [1.82, 2.24) is 15.5 Å². The van der Waals surface area contributed by atoms with E-state index in [9.17, 15) is 4.79 Å². The topological polar surface area (TPSA) is 94.0 Å². The van der Waals surface area contributed by atoms with Crippen LogP contribution >= 0.6 is 22.9 Å². The summed E-state index contributed by atoms with van der Waals surface area (Å²) in [5, 5.41) is 7.74. The second-order valence-electron chi connectivity index (χ2n) is 4.31. The minimum Gasteiger partial charge on any atom is -0.397 e. The number of carbonyl (C=O) groups excluding carboxylic acids is 1. The van der Waals surface area contributed by atoms with E-state index in [-0.39, 0.29) is 5.91 Å². The lowest BCUT2D eigenvalue weighted by Gasteiger charge is -2.02. The summed E-state index contributed by atoms with van der Waals surface area (Å²) in [6, 6.07) is 5.47. The van der Waals surface area contributed by atoms with Crippen molar-refractivity contribution in [1.29, 1.82) is 0 Å². The van der Waals surface area contributed by atoms with Gasteiger partial charge in [0.2, 0.25) is 6.39 Å². The van der Waals surface area contributed by atoms with Crippen LogP contribution in [0.1, 0.15) is 15.5 Å². The van der Waals surface area contributed by atoms with Crippen LogP contribution in [0.2, 0.25) is 5.02 Å². The SMILES string of the molecule is Nc1c(C(=O)NCCc2ncon2)sc2cccc(Cl)c12. The maximum atomic E-state index is 12.2. The van der Waals surface area contributed by atoms with Crippen LogP contribution < -0.4 is 11.1 Å². The Balaban J connectivity index is 1.75. The summed E-state index contributed by atoms with van der Waals surface area (Å²) in [5.41, 5.74) is 6.45. The van der Waals surface area contributed by atoms with Gasteiger partial charge < -0.3 is 15.6 Å². The average Bonchev–Trinajstić information content (AvgIpc) is 3.08. The minimum atomic E-state index is -0.228. The van der Waals surface area contributed by atoms with Crippen molar-refractivity contribution in [2.24, 2.45) is 0 Å². The Morgan fingerprint density at radius 2 is 2.33 bits per heavy atom. The van der Waals surface area contributed by atoms with Gasteiger partial charge in [-0.3, -0.25) is 4.79 Å². The van der Waals surface area contributed by atoms with Crippen LogP contribution in [0.4, 0.5) is 5.69 Å². The van der Waals surface area contributed by atoms with Crippen LogP contribution in [0.5, 0.6) is 0 Å². The third-order valence-corrected chi connectivity index (χ3v) is 4.43. The predicted molar refractivity (Wildman–Crippen MR) is 81.6 cm³/mol. The number of nitrogens with two attached hydrogens (primary N) is 1. The highest BCUT2D eigenvalue weighted by Gasteiger charge is 2.17. The number of aromatic nitrogens is 2. The van der Waals surface area contributed by atoms with E-state index in [1.807, 2.05) is 12.1 Å². The molecular formula is C13H11ClN4O2S. The zero-order valence-electron chi connectivity index (χ0n) is 10.8. The van der Waals surface area contributed by atoms with Gasteiger partial charge >= 0.3 is 0 Å². The van der Waals surface area contributed by atoms with E-state index in [2.05, 4.69) is 20.0 Å². The summed E-state index contributed by atoms with van der Waals surface area (Å²) in [6.07, 6.45) is 1.75. The highest BCUT2D eigenvalue weighted by Crippen LogP contribution is 2.37. The molecule has 0 aliphatic heterocycles. The lowest BCUT2D eigenvalue weighted by molar-refractivity contribution is 0.0959. The second kappa shape index (κ2) is 5.71. The molecular weight excluding hydrogens is 312 g/mol. The molecule has 108 valence electrons. The van der Waals surface area contributed by atoms with E-state index < -0.39 is 0 Å². The van der Waals surface area contributed by atoms with Gasteiger partial charge in [0.15, 0.2) is 5.82 Å². The lowest BCUT2D eigenvalue weighted by atomic mass is 10.2. The smallest absolute Gasteiger partial charge is 0.263 e. The van der Waals surface area contributed by atoms with E-state index in [0.29, 0.717) is 34.4 Å². The first kappa shape index (κ1) is 13.8. The van der Waals surface area contributed by atoms with Gasteiger partial charge in [0.05, 0.1) is 10.7 Å². The van der Waals surface area contributed by atoms with E-state index in [1.54, 1.807) is 6.07 Å². The van der Waals surface area contributed by atoms with Crippen molar-refractivity contribution in [3.05, 3.63) is 40.3 Å². The molecule has 3 aromatic rings. The first-order valence-electron chi connectivity index (χ1n) is 6.16.